The molecule has 0 aliphatic carbocycles. The molecule has 27 heavy (non-hydrogen) atoms. The van der Waals surface area contributed by atoms with Gasteiger partial charge in [0.1, 0.15) is 5.75 Å². The number of rotatable bonds is 6. The average molecular weight is 370 g/mol. The zero-order valence-corrected chi connectivity index (χ0v) is 16.4. The van der Waals surface area contributed by atoms with Crippen LogP contribution < -0.4 is 4.74 Å². The zero-order valence-electron chi connectivity index (χ0n) is 16.4. The van der Waals surface area contributed by atoms with Gasteiger partial charge in [-0.1, -0.05) is 0 Å². The fourth-order valence-corrected chi connectivity index (χ4v) is 4.49. The first-order valence-corrected chi connectivity index (χ1v) is 10.4. The van der Waals surface area contributed by atoms with Gasteiger partial charge in [-0.25, -0.2) is 0 Å². The standard InChI is InChI=1S/C22H31N3O2/c1-18(26)24-13-8-20(9-14-24)25-15-7-19-17-21(5-6-22(19)25)27-16-4-12-23-10-2-3-11-23/h5-7,15,17,20H,2-4,8-14,16H2,1H3. The highest BCUT2D eigenvalue weighted by Gasteiger charge is 2.22. The molecule has 0 spiro atoms. The van der Waals surface area contributed by atoms with E-state index in [1.54, 1.807) is 6.92 Å². The van der Waals surface area contributed by atoms with Crippen LogP contribution in [0.5, 0.6) is 5.75 Å². The Morgan fingerprint density at radius 1 is 1.11 bits per heavy atom. The summed E-state index contributed by atoms with van der Waals surface area (Å²) in [5.41, 5.74) is 1.26. The number of hydrogen-bond acceptors (Lipinski definition) is 3. The fourth-order valence-electron chi connectivity index (χ4n) is 4.49. The third-order valence-electron chi connectivity index (χ3n) is 6.08. The lowest BCUT2D eigenvalue weighted by Crippen LogP contribution is -2.37. The quantitative estimate of drug-likeness (QED) is 0.729. The molecule has 4 rings (SSSR count). The first-order chi connectivity index (χ1) is 13.2. The molecule has 5 nitrogen and oxygen atoms in total. The molecule has 3 heterocycles. The molecule has 0 radical (unpaired) electrons. The number of carbonyl (C=O) groups is 1. The molecular formula is C22H31N3O2. The highest BCUT2D eigenvalue weighted by Crippen LogP contribution is 2.29. The van der Waals surface area contributed by atoms with Crippen LogP contribution in [0.1, 0.15) is 45.1 Å². The van der Waals surface area contributed by atoms with Crippen molar-refractivity contribution in [2.45, 2.75) is 45.1 Å². The smallest absolute Gasteiger partial charge is 0.219 e. The van der Waals surface area contributed by atoms with Gasteiger partial charge in [-0.15, -0.1) is 0 Å². The van der Waals surface area contributed by atoms with E-state index in [1.807, 2.05) is 4.90 Å². The van der Waals surface area contributed by atoms with Gasteiger partial charge in [0.05, 0.1) is 6.61 Å². The number of likely N-dealkylation sites (tertiary alicyclic amines) is 2. The number of aromatic nitrogens is 1. The number of hydrogen-bond donors (Lipinski definition) is 0. The molecule has 0 unspecified atom stereocenters. The van der Waals surface area contributed by atoms with Crippen molar-refractivity contribution in [3.8, 4) is 5.75 Å². The number of carbonyl (C=O) groups excluding carboxylic acids is 1. The molecule has 1 aromatic carbocycles. The summed E-state index contributed by atoms with van der Waals surface area (Å²) in [5.74, 6) is 1.16. The monoisotopic (exact) mass is 369 g/mol. The second-order valence-electron chi connectivity index (χ2n) is 7.93. The molecule has 2 fully saturated rings. The van der Waals surface area contributed by atoms with Crippen LogP contribution in [0.15, 0.2) is 30.5 Å². The van der Waals surface area contributed by atoms with Gasteiger partial charge in [0.2, 0.25) is 5.91 Å². The molecule has 0 N–H and O–H groups in total. The first kappa shape index (κ1) is 18.4. The van der Waals surface area contributed by atoms with E-state index in [-0.39, 0.29) is 5.91 Å². The molecule has 0 bridgehead atoms. The van der Waals surface area contributed by atoms with E-state index in [1.165, 1.54) is 36.8 Å². The van der Waals surface area contributed by atoms with Gasteiger partial charge in [-0.2, -0.15) is 0 Å². The zero-order chi connectivity index (χ0) is 18.6. The van der Waals surface area contributed by atoms with E-state index < -0.39 is 0 Å². The molecule has 2 aliphatic heterocycles. The Kier molecular flexibility index (Phi) is 5.67. The average Bonchev–Trinajstić information content (AvgIpc) is 3.35. The van der Waals surface area contributed by atoms with Crippen molar-refractivity contribution in [3.05, 3.63) is 30.5 Å². The Morgan fingerprint density at radius 2 is 1.89 bits per heavy atom. The Balaban J connectivity index is 1.33. The predicted molar refractivity (Wildman–Crippen MR) is 108 cm³/mol. The maximum Gasteiger partial charge on any atom is 0.219 e. The molecule has 2 aliphatic rings. The summed E-state index contributed by atoms with van der Waals surface area (Å²) in [7, 11) is 0. The van der Waals surface area contributed by atoms with Gasteiger partial charge in [-0.05, 0) is 69.5 Å². The first-order valence-electron chi connectivity index (χ1n) is 10.4. The van der Waals surface area contributed by atoms with Crippen LogP contribution in [0.4, 0.5) is 0 Å². The summed E-state index contributed by atoms with van der Waals surface area (Å²) in [4.78, 5) is 16.0. The van der Waals surface area contributed by atoms with Crippen LogP contribution in [-0.2, 0) is 4.79 Å². The summed E-state index contributed by atoms with van der Waals surface area (Å²) in [6.45, 7) is 7.83. The minimum absolute atomic E-state index is 0.192. The minimum atomic E-state index is 0.192. The molecule has 146 valence electrons. The normalized spacial score (nSPS) is 19.1. The molecule has 1 amide bonds. The highest BCUT2D eigenvalue weighted by molar-refractivity contribution is 5.82. The van der Waals surface area contributed by atoms with Crippen LogP contribution in [0.3, 0.4) is 0 Å². The fraction of sp³-hybridized carbons (Fsp3) is 0.591. The van der Waals surface area contributed by atoms with E-state index in [2.05, 4.69) is 39.9 Å². The molecular weight excluding hydrogens is 338 g/mol. The molecule has 2 saturated heterocycles. The Hall–Kier alpha value is -2.01. The predicted octanol–water partition coefficient (Wildman–Crippen LogP) is 3.69. The van der Waals surface area contributed by atoms with Crippen molar-refractivity contribution >= 4 is 16.8 Å². The topological polar surface area (TPSA) is 37.7 Å². The number of fused-ring (bicyclic) bond motifs is 1. The van der Waals surface area contributed by atoms with Crippen LogP contribution in [0, 0.1) is 0 Å². The van der Waals surface area contributed by atoms with Gasteiger partial charge < -0.3 is 19.1 Å². The highest BCUT2D eigenvalue weighted by atomic mass is 16.5. The largest absolute Gasteiger partial charge is 0.494 e. The van der Waals surface area contributed by atoms with Crippen LogP contribution in [0.2, 0.25) is 0 Å². The Bertz CT molecular complexity index is 771. The molecule has 5 heteroatoms. The van der Waals surface area contributed by atoms with Gasteiger partial charge in [0.15, 0.2) is 0 Å². The maximum absolute atomic E-state index is 11.5. The summed E-state index contributed by atoms with van der Waals surface area (Å²) < 4.78 is 8.37. The van der Waals surface area contributed by atoms with Crippen molar-refractivity contribution in [1.82, 2.24) is 14.4 Å². The lowest BCUT2D eigenvalue weighted by atomic mass is 10.0. The third-order valence-corrected chi connectivity index (χ3v) is 6.08. The van der Waals surface area contributed by atoms with E-state index in [4.69, 9.17) is 4.74 Å². The molecule has 2 aromatic rings. The van der Waals surface area contributed by atoms with Crippen LogP contribution in [0.25, 0.3) is 10.9 Å². The number of benzene rings is 1. The third kappa shape index (κ3) is 4.29. The summed E-state index contributed by atoms with van der Waals surface area (Å²) in [6.07, 6.45) is 8.03. The van der Waals surface area contributed by atoms with Crippen LogP contribution in [-0.4, -0.2) is 59.6 Å². The van der Waals surface area contributed by atoms with Gasteiger partial charge in [-0.3, -0.25) is 4.79 Å². The number of ether oxygens (including phenoxy) is 1. The lowest BCUT2D eigenvalue weighted by Gasteiger charge is -2.32. The second kappa shape index (κ2) is 8.34. The molecule has 1 aromatic heterocycles. The van der Waals surface area contributed by atoms with Crippen molar-refractivity contribution in [1.29, 1.82) is 0 Å². The number of nitrogens with zero attached hydrogens (tertiary/aromatic N) is 3. The van der Waals surface area contributed by atoms with Gasteiger partial charge >= 0.3 is 0 Å². The van der Waals surface area contributed by atoms with Gasteiger partial charge in [0.25, 0.3) is 0 Å². The molecule has 0 atom stereocenters. The van der Waals surface area contributed by atoms with Crippen molar-refractivity contribution < 1.29 is 9.53 Å². The lowest BCUT2D eigenvalue weighted by molar-refractivity contribution is -0.130. The van der Waals surface area contributed by atoms with Crippen molar-refractivity contribution in [3.63, 3.8) is 0 Å². The van der Waals surface area contributed by atoms with E-state index in [9.17, 15) is 4.79 Å². The SMILES string of the molecule is CC(=O)N1CCC(n2ccc3cc(OCCCN4CCCC4)ccc32)CC1. The van der Waals surface area contributed by atoms with E-state index >= 15 is 0 Å². The minimum Gasteiger partial charge on any atom is -0.494 e. The van der Waals surface area contributed by atoms with Crippen molar-refractivity contribution in [2.75, 3.05) is 39.3 Å². The summed E-state index contributed by atoms with van der Waals surface area (Å²) >= 11 is 0. The van der Waals surface area contributed by atoms with Crippen molar-refractivity contribution in [2.24, 2.45) is 0 Å². The van der Waals surface area contributed by atoms with Gasteiger partial charge in [0, 0.05) is 49.7 Å². The second-order valence-corrected chi connectivity index (χ2v) is 7.93. The summed E-state index contributed by atoms with van der Waals surface area (Å²) in [6, 6.07) is 9.10. The molecule has 0 saturated carbocycles. The Labute approximate surface area is 161 Å². The Morgan fingerprint density at radius 3 is 2.63 bits per heavy atom. The summed E-state index contributed by atoms with van der Waals surface area (Å²) in [5, 5.41) is 1.24. The number of piperidine rings is 1. The van der Waals surface area contributed by atoms with Crippen LogP contribution >= 0.6 is 0 Å². The van der Waals surface area contributed by atoms with E-state index in [0.717, 1.165) is 51.3 Å². The maximum atomic E-state index is 11.5. The van der Waals surface area contributed by atoms with E-state index in [0.29, 0.717) is 6.04 Å². The number of amides is 1.